The van der Waals surface area contributed by atoms with Crippen LogP contribution in [0.25, 0.3) is 0 Å². The summed E-state index contributed by atoms with van der Waals surface area (Å²) in [5.41, 5.74) is 3.61. The first-order valence-electron chi connectivity index (χ1n) is 5.06. The van der Waals surface area contributed by atoms with E-state index in [2.05, 4.69) is 60.1 Å². The average molecular weight is 266 g/mol. The molecule has 80 valence electrons. The minimum atomic E-state index is 0.0144. The molecule has 1 unspecified atom stereocenters. The van der Waals surface area contributed by atoms with Crippen molar-refractivity contribution in [1.29, 1.82) is 0 Å². The summed E-state index contributed by atoms with van der Waals surface area (Å²) in [5, 5.41) is 3.27. The predicted molar refractivity (Wildman–Crippen MR) is 68.9 cm³/mol. The molecule has 0 aliphatic rings. The fraction of sp³-hybridized carbons (Fsp3) is 0.385. The van der Waals surface area contributed by atoms with Crippen LogP contribution in [0.4, 0.5) is 0 Å². The molecule has 1 atom stereocenters. The van der Waals surface area contributed by atoms with Crippen LogP contribution in [-0.4, -0.2) is 6.54 Å². The lowest BCUT2D eigenvalue weighted by Gasteiger charge is -2.14. The molecule has 1 nitrogen and oxygen atoms in total. The van der Waals surface area contributed by atoms with Gasteiger partial charge in [-0.25, -0.2) is 0 Å². The molecule has 0 saturated heterocycles. The van der Waals surface area contributed by atoms with Gasteiger partial charge in [-0.1, -0.05) is 40.9 Å². The summed E-state index contributed by atoms with van der Waals surface area (Å²) in [6.07, 6.45) is 5.50. The molecule has 0 amide bonds. The van der Waals surface area contributed by atoms with Crippen molar-refractivity contribution in [2.75, 3.05) is 6.54 Å². The molecule has 0 heterocycles. The fourth-order valence-electron chi connectivity index (χ4n) is 1.62. The zero-order valence-corrected chi connectivity index (χ0v) is 11.0. The molecule has 1 N–H and O–H groups in total. The molecule has 1 aromatic rings. The van der Waals surface area contributed by atoms with Crippen LogP contribution >= 0.6 is 15.9 Å². The summed E-state index contributed by atoms with van der Waals surface area (Å²) in [4.78, 5) is 0. The third-order valence-corrected chi connectivity index (χ3v) is 3.62. The van der Waals surface area contributed by atoms with Gasteiger partial charge in [-0.3, -0.25) is 0 Å². The zero-order valence-electron chi connectivity index (χ0n) is 9.39. The minimum absolute atomic E-state index is 0.0144. The van der Waals surface area contributed by atoms with Crippen molar-refractivity contribution in [3.8, 4) is 12.3 Å². The van der Waals surface area contributed by atoms with Gasteiger partial charge in [-0.05, 0) is 37.1 Å². The van der Waals surface area contributed by atoms with Crippen LogP contribution in [0.15, 0.2) is 16.6 Å². The second-order valence-electron chi connectivity index (χ2n) is 3.63. The number of nitrogens with one attached hydrogen (secondary N) is 1. The molecular formula is C13H16BrN. The van der Waals surface area contributed by atoms with Gasteiger partial charge in [0.05, 0.1) is 6.04 Å². The van der Waals surface area contributed by atoms with Crippen LogP contribution in [0, 0.1) is 26.2 Å². The summed E-state index contributed by atoms with van der Waals surface area (Å²) in [6.45, 7) is 7.10. The molecule has 0 bridgehead atoms. The van der Waals surface area contributed by atoms with Crippen LogP contribution in [-0.2, 0) is 0 Å². The standard InChI is InChI=1S/C13H16BrN/c1-5-12(15-6-2)11-7-9(3)13(14)10(4)8-11/h1,7-8,12,15H,6H2,2-4H3. The summed E-state index contributed by atoms with van der Waals surface area (Å²) < 4.78 is 1.17. The Morgan fingerprint density at radius 2 is 1.93 bits per heavy atom. The highest BCUT2D eigenvalue weighted by Crippen LogP contribution is 2.25. The molecule has 0 aliphatic carbocycles. The van der Waals surface area contributed by atoms with Gasteiger partial charge in [0.15, 0.2) is 0 Å². The number of hydrogen-bond donors (Lipinski definition) is 1. The van der Waals surface area contributed by atoms with Gasteiger partial charge in [-0.2, -0.15) is 0 Å². The molecule has 0 saturated carbocycles. The molecule has 15 heavy (non-hydrogen) atoms. The highest BCUT2D eigenvalue weighted by molar-refractivity contribution is 9.10. The summed E-state index contributed by atoms with van der Waals surface area (Å²) >= 11 is 3.55. The number of halogens is 1. The van der Waals surface area contributed by atoms with Gasteiger partial charge in [0.1, 0.15) is 0 Å². The van der Waals surface area contributed by atoms with Gasteiger partial charge in [0.2, 0.25) is 0 Å². The van der Waals surface area contributed by atoms with Crippen LogP contribution < -0.4 is 5.32 Å². The van der Waals surface area contributed by atoms with E-state index < -0.39 is 0 Å². The van der Waals surface area contributed by atoms with E-state index in [1.54, 1.807) is 0 Å². The van der Waals surface area contributed by atoms with Crippen LogP contribution in [0.3, 0.4) is 0 Å². The van der Waals surface area contributed by atoms with Crippen LogP contribution in [0.1, 0.15) is 29.7 Å². The molecule has 0 aromatic heterocycles. The van der Waals surface area contributed by atoms with Gasteiger partial charge in [0, 0.05) is 4.47 Å². The van der Waals surface area contributed by atoms with Crippen molar-refractivity contribution in [3.63, 3.8) is 0 Å². The summed E-state index contributed by atoms with van der Waals surface area (Å²) in [5.74, 6) is 2.77. The molecule has 1 rings (SSSR count). The van der Waals surface area contributed by atoms with Gasteiger partial charge < -0.3 is 5.32 Å². The smallest absolute Gasteiger partial charge is 0.0943 e. The maximum Gasteiger partial charge on any atom is 0.0943 e. The normalized spacial score (nSPS) is 12.2. The molecule has 0 radical (unpaired) electrons. The maximum atomic E-state index is 5.50. The van der Waals surface area contributed by atoms with E-state index in [9.17, 15) is 0 Å². The van der Waals surface area contributed by atoms with Gasteiger partial charge >= 0.3 is 0 Å². The second kappa shape index (κ2) is 5.34. The molecule has 1 aromatic carbocycles. The first kappa shape index (κ1) is 12.3. The first-order chi connectivity index (χ1) is 7.10. The Morgan fingerprint density at radius 3 is 2.33 bits per heavy atom. The van der Waals surface area contributed by atoms with Crippen molar-refractivity contribution in [2.45, 2.75) is 26.8 Å². The van der Waals surface area contributed by atoms with Crippen LogP contribution in [0.5, 0.6) is 0 Å². The summed E-state index contributed by atoms with van der Waals surface area (Å²) in [7, 11) is 0. The van der Waals surface area contributed by atoms with Gasteiger partial charge in [-0.15, -0.1) is 6.42 Å². The lowest BCUT2D eigenvalue weighted by Crippen LogP contribution is -2.19. The summed E-state index contributed by atoms with van der Waals surface area (Å²) in [6, 6.07) is 4.27. The van der Waals surface area contributed by atoms with E-state index in [-0.39, 0.29) is 6.04 Å². The Labute approximate surface area is 100 Å². The zero-order chi connectivity index (χ0) is 11.4. The molecule has 0 spiro atoms. The topological polar surface area (TPSA) is 12.0 Å². The molecule has 2 heteroatoms. The number of hydrogen-bond acceptors (Lipinski definition) is 1. The van der Waals surface area contributed by atoms with E-state index in [0.29, 0.717) is 0 Å². The quantitative estimate of drug-likeness (QED) is 0.827. The van der Waals surface area contributed by atoms with Crippen molar-refractivity contribution in [1.82, 2.24) is 5.32 Å². The van der Waals surface area contributed by atoms with Crippen molar-refractivity contribution in [3.05, 3.63) is 33.3 Å². The Kier molecular flexibility index (Phi) is 4.38. The van der Waals surface area contributed by atoms with E-state index in [1.165, 1.54) is 15.6 Å². The number of rotatable bonds is 3. The molecule has 0 fully saturated rings. The second-order valence-corrected chi connectivity index (χ2v) is 4.42. The number of aryl methyl sites for hydroxylation is 2. The van der Waals surface area contributed by atoms with Crippen molar-refractivity contribution in [2.24, 2.45) is 0 Å². The third-order valence-electron chi connectivity index (χ3n) is 2.37. The van der Waals surface area contributed by atoms with E-state index >= 15 is 0 Å². The monoisotopic (exact) mass is 265 g/mol. The highest BCUT2D eigenvalue weighted by atomic mass is 79.9. The number of benzene rings is 1. The molecular weight excluding hydrogens is 250 g/mol. The number of terminal acetylenes is 1. The van der Waals surface area contributed by atoms with E-state index in [1.807, 2.05) is 0 Å². The lowest BCUT2D eigenvalue weighted by molar-refractivity contribution is 0.664. The fourth-order valence-corrected chi connectivity index (χ4v) is 1.85. The largest absolute Gasteiger partial charge is 0.300 e. The van der Waals surface area contributed by atoms with E-state index in [4.69, 9.17) is 6.42 Å². The SMILES string of the molecule is C#CC(NCC)c1cc(C)c(Br)c(C)c1. The Morgan fingerprint density at radius 1 is 1.40 bits per heavy atom. The Bertz CT molecular complexity index is 367. The first-order valence-corrected chi connectivity index (χ1v) is 5.85. The Hall–Kier alpha value is -0.780. The third kappa shape index (κ3) is 2.84. The van der Waals surface area contributed by atoms with E-state index in [0.717, 1.165) is 12.1 Å². The van der Waals surface area contributed by atoms with Crippen molar-refractivity contribution < 1.29 is 0 Å². The average Bonchev–Trinajstić information content (AvgIpc) is 2.22. The lowest BCUT2D eigenvalue weighted by atomic mass is 10.0. The maximum absolute atomic E-state index is 5.50. The Balaban J connectivity index is 3.10. The van der Waals surface area contributed by atoms with Crippen molar-refractivity contribution >= 4 is 15.9 Å². The van der Waals surface area contributed by atoms with Gasteiger partial charge in [0.25, 0.3) is 0 Å². The molecule has 0 aliphatic heterocycles. The van der Waals surface area contributed by atoms with Crippen LogP contribution in [0.2, 0.25) is 0 Å². The minimum Gasteiger partial charge on any atom is -0.300 e. The predicted octanol–water partition coefficient (Wildman–Crippen LogP) is 3.35. The highest BCUT2D eigenvalue weighted by Gasteiger charge is 2.09.